The maximum Gasteiger partial charge on any atom is 0.290 e. The summed E-state index contributed by atoms with van der Waals surface area (Å²) >= 11 is 0. The van der Waals surface area contributed by atoms with Gasteiger partial charge < -0.3 is 25.6 Å². The van der Waals surface area contributed by atoms with Crippen molar-refractivity contribution in [2.45, 2.75) is 92.3 Å². The van der Waals surface area contributed by atoms with E-state index >= 15 is 0 Å². The number of aryl methyl sites for hydroxylation is 2. The van der Waals surface area contributed by atoms with Crippen molar-refractivity contribution in [3.05, 3.63) is 64.2 Å². The summed E-state index contributed by atoms with van der Waals surface area (Å²) in [5, 5.41) is 17.9. The Morgan fingerprint density at radius 3 is 1.89 bits per heavy atom. The molecule has 1 amide bonds. The average Bonchev–Trinajstić information content (AvgIpc) is 2.85. The van der Waals surface area contributed by atoms with Crippen LogP contribution in [0.4, 0.5) is 0 Å². The highest BCUT2D eigenvalue weighted by molar-refractivity contribution is 5.95. The molecule has 2 aromatic rings. The number of carbonyl (C=O) groups excluding carboxylic acids is 1. The molecule has 0 spiro atoms. The van der Waals surface area contributed by atoms with Crippen LogP contribution in [0.2, 0.25) is 0 Å². The van der Waals surface area contributed by atoms with Crippen LogP contribution >= 0.6 is 0 Å². The Morgan fingerprint density at radius 1 is 1.03 bits per heavy atom. The van der Waals surface area contributed by atoms with Crippen molar-refractivity contribution >= 4 is 12.4 Å². The molecular weight excluding hydrogens is 480 g/mol. The van der Waals surface area contributed by atoms with E-state index in [9.17, 15) is 9.90 Å². The van der Waals surface area contributed by atoms with Crippen LogP contribution in [-0.4, -0.2) is 52.9 Å². The van der Waals surface area contributed by atoms with Crippen LogP contribution in [0.15, 0.2) is 36.4 Å². The molecule has 38 heavy (non-hydrogen) atoms. The van der Waals surface area contributed by atoms with Gasteiger partial charge in [0, 0.05) is 18.0 Å². The van der Waals surface area contributed by atoms with E-state index in [2.05, 4.69) is 45.0 Å². The van der Waals surface area contributed by atoms with E-state index in [-0.39, 0.29) is 36.0 Å². The van der Waals surface area contributed by atoms with Gasteiger partial charge in [-0.1, -0.05) is 58.9 Å². The number of nitrogens with zero attached hydrogens (tertiary/aromatic N) is 1. The third-order valence-electron chi connectivity index (χ3n) is 8.18. The Balaban J connectivity index is 0.00000229. The number of carboxylic acid groups (broad SMARTS) is 1. The first-order valence-corrected chi connectivity index (χ1v) is 13.2. The number of hydrogen-bond acceptors (Lipinski definition) is 5. The molecular formula is C31H48N2O5. The molecule has 0 aliphatic carbocycles. The normalized spacial score (nSPS) is 14.0. The molecule has 212 valence electrons. The lowest BCUT2D eigenvalue weighted by molar-refractivity contribution is -0.122. The van der Waals surface area contributed by atoms with Crippen LogP contribution in [0.5, 0.6) is 5.75 Å². The van der Waals surface area contributed by atoms with Gasteiger partial charge >= 0.3 is 0 Å². The molecule has 0 saturated carbocycles. The SMILES string of the molecule is CCC(CC)(c1ccc(OC(C)C(C)(O)C(C)(C)C)c(C)c1)c1ccc(C(=O)N(C)CN)c(C)c1.O=CO. The Bertz CT molecular complexity index is 1080. The number of hydrogen-bond donors (Lipinski definition) is 3. The Hall–Kier alpha value is -2.90. The van der Waals surface area contributed by atoms with Gasteiger partial charge in [-0.25, -0.2) is 0 Å². The second-order valence-electron chi connectivity index (χ2n) is 11.2. The van der Waals surface area contributed by atoms with E-state index in [1.165, 1.54) is 16.0 Å². The number of benzene rings is 2. The number of ether oxygens (including phenoxy) is 1. The van der Waals surface area contributed by atoms with Gasteiger partial charge in [0.2, 0.25) is 0 Å². The molecule has 2 atom stereocenters. The molecule has 2 aromatic carbocycles. The predicted octanol–water partition coefficient (Wildman–Crippen LogP) is 5.66. The fourth-order valence-corrected chi connectivity index (χ4v) is 4.72. The summed E-state index contributed by atoms with van der Waals surface area (Å²) in [6, 6.07) is 12.5. The molecule has 7 heteroatoms. The second-order valence-corrected chi connectivity index (χ2v) is 11.2. The third-order valence-corrected chi connectivity index (χ3v) is 8.18. The molecule has 0 aliphatic rings. The lowest BCUT2D eigenvalue weighted by Crippen LogP contribution is -2.51. The minimum absolute atomic E-state index is 0.0623. The second kappa shape index (κ2) is 13.3. The summed E-state index contributed by atoms with van der Waals surface area (Å²) in [6.07, 6.45) is 1.48. The first-order valence-electron chi connectivity index (χ1n) is 13.2. The lowest BCUT2D eigenvalue weighted by atomic mass is 9.70. The van der Waals surface area contributed by atoms with Gasteiger partial charge in [-0.2, -0.15) is 0 Å². The number of rotatable bonds is 9. The van der Waals surface area contributed by atoms with Gasteiger partial charge in [0.25, 0.3) is 12.4 Å². The van der Waals surface area contributed by atoms with Gasteiger partial charge in [-0.3, -0.25) is 9.59 Å². The summed E-state index contributed by atoms with van der Waals surface area (Å²) in [5.74, 6) is 0.724. The van der Waals surface area contributed by atoms with E-state index in [0.29, 0.717) is 5.56 Å². The summed E-state index contributed by atoms with van der Waals surface area (Å²) in [6.45, 7) is 18.2. The molecule has 0 radical (unpaired) electrons. The first kappa shape index (κ1) is 33.1. The van der Waals surface area contributed by atoms with Gasteiger partial charge in [-0.15, -0.1) is 0 Å². The molecule has 0 saturated heterocycles. The number of amides is 1. The Labute approximate surface area is 229 Å². The van der Waals surface area contributed by atoms with Crippen LogP contribution in [0.25, 0.3) is 0 Å². The van der Waals surface area contributed by atoms with Gasteiger partial charge in [0.15, 0.2) is 0 Å². The highest BCUT2D eigenvalue weighted by atomic mass is 16.5. The van der Waals surface area contributed by atoms with Crippen molar-refractivity contribution in [1.82, 2.24) is 4.90 Å². The van der Waals surface area contributed by atoms with Crippen molar-refractivity contribution in [3.63, 3.8) is 0 Å². The molecule has 0 aliphatic heterocycles. The van der Waals surface area contributed by atoms with Crippen molar-refractivity contribution < 1.29 is 24.5 Å². The maximum atomic E-state index is 12.7. The minimum atomic E-state index is -0.983. The Kier molecular flexibility index (Phi) is 11.6. The van der Waals surface area contributed by atoms with E-state index in [0.717, 1.165) is 29.7 Å². The predicted molar refractivity (Wildman–Crippen MR) is 154 cm³/mol. The highest BCUT2D eigenvalue weighted by Gasteiger charge is 2.42. The van der Waals surface area contributed by atoms with Crippen molar-refractivity contribution in [2.75, 3.05) is 13.7 Å². The molecule has 0 fully saturated rings. The largest absolute Gasteiger partial charge is 0.487 e. The molecule has 0 heterocycles. The number of aliphatic hydroxyl groups is 1. The average molecular weight is 529 g/mol. The highest BCUT2D eigenvalue weighted by Crippen LogP contribution is 2.42. The molecule has 4 N–H and O–H groups in total. The molecule has 0 bridgehead atoms. The summed E-state index contributed by atoms with van der Waals surface area (Å²) in [4.78, 5) is 22.6. The third kappa shape index (κ3) is 6.94. The van der Waals surface area contributed by atoms with Crippen LogP contribution in [0, 0.1) is 19.3 Å². The molecule has 7 nitrogen and oxygen atoms in total. The van der Waals surface area contributed by atoms with E-state index < -0.39 is 5.60 Å². The maximum absolute atomic E-state index is 12.7. The van der Waals surface area contributed by atoms with Crippen molar-refractivity contribution in [2.24, 2.45) is 11.1 Å². The summed E-state index contributed by atoms with van der Waals surface area (Å²) in [5.41, 5.74) is 9.28. The van der Waals surface area contributed by atoms with E-state index in [4.69, 9.17) is 20.4 Å². The van der Waals surface area contributed by atoms with Crippen LogP contribution in [0.1, 0.15) is 93.9 Å². The lowest BCUT2D eigenvalue weighted by Gasteiger charge is -2.41. The van der Waals surface area contributed by atoms with Gasteiger partial charge in [0.1, 0.15) is 17.5 Å². The van der Waals surface area contributed by atoms with Gasteiger partial charge in [-0.05, 0) is 80.3 Å². The fraction of sp³-hybridized carbons (Fsp3) is 0.548. The van der Waals surface area contributed by atoms with Crippen LogP contribution < -0.4 is 10.5 Å². The van der Waals surface area contributed by atoms with Crippen LogP contribution in [-0.2, 0) is 10.2 Å². The van der Waals surface area contributed by atoms with Crippen LogP contribution in [0.3, 0.4) is 0 Å². The summed E-state index contributed by atoms with van der Waals surface area (Å²) < 4.78 is 6.27. The van der Waals surface area contributed by atoms with E-state index in [1.807, 2.05) is 53.7 Å². The number of nitrogens with two attached hydrogens (primary N) is 1. The zero-order chi connectivity index (χ0) is 29.5. The minimum Gasteiger partial charge on any atom is -0.487 e. The smallest absolute Gasteiger partial charge is 0.290 e. The number of carbonyl (C=O) groups is 2. The molecule has 2 rings (SSSR count). The first-order chi connectivity index (χ1) is 17.6. The molecule has 2 unspecified atom stereocenters. The topological polar surface area (TPSA) is 113 Å². The zero-order valence-electron chi connectivity index (χ0n) is 24.9. The van der Waals surface area contributed by atoms with Crippen molar-refractivity contribution in [3.8, 4) is 5.75 Å². The summed E-state index contributed by atoms with van der Waals surface area (Å²) in [7, 11) is 1.71. The zero-order valence-corrected chi connectivity index (χ0v) is 24.9. The molecule has 0 aromatic heterocycles. The Morgan fingerprint density at radius 2 is 1.50 bits per heavy atom. The fourth-order valence-electron chi connectivity index (χ4n) is 4.72. The van der Waals surface area contributed by atoms with Gasteiger partial charge in [0.05, 0.1) is 6.67 Å². The van der Waals surface area contributed by atoms with Crippen molar-refractivity contribution in [1.29, 1.82) is 0 Å². The monoisotopic (exact) mass is 528 g/mol. The standard InChI is InChI=1S/C30H46N2O3.CH2O2/c1-11-30(12-2,23-13-15-25(20(3)17-23)27(33)32(10)19-31)24-14-16-26(21(4)18-24)35-22(5)29(9,34)28(6,7)8;2-1-3/h13-18,22,34H,11-12,19,31H2,1-10H3;1H,(H,2,3). The van der Waals surface area contributed by atoms with E-state index in [1.54, 1.807) is 7.05 Å². The quantitative estimate of drug-likeness (QED) is 0.286.